The Bertz CT molecular complexity index is 857. The Hall–Kier alpha value is -2.99. The quantitative estimate of drug-likeness (QED) is 0.734. The van der Waals surface area contributed by atoms with Gasteiger partial charge in [0.1, 0.15) is 4.88 Å². The lowest BCUT2D eigenvalue weighted by atomic mass is 10.2. The second kappa shape index (κ2) is 7.06. The number of ether oxygens (including phenoxy) is 1. The van der Waals surface area contributed by atoms with E-state index in [1.807, 2.05) is 24.3 Å². The van der Waals surface area contributed by atoms with Crippen molar-refractivity contribution in [2.75, 3.05) is 12.4 Å². The van der Waals surface area contributed by atoms with Gasteiger partial charge in [0, 0.05) is 5.56 Å². The highest BCUT2D eigenvalue weighted by molar-refractivity contribution is 7.17. The van der Waals surface area contributed by atoms with E-state index in [9.17, 15) is 9.59 Å². The number of amides is 1. The Morgan fingerprint density at radius 1 is 1.04 bits per heavy atom. The number of pyridine rings is 1. The average molecular weight is 338 g/mol. The molecule has 0 saturated heterocycles. The van der Waals surface area contributed by atoms with Crippen molar-refractivity contribution in [1.29, 1.82) is 0 Å². The number of benzene rings is 1. The maximum atomic E-state index is 12.1. The zero-order chi connectivity index (χ0) is 16.9. The number of aromatic nitrogens is 1. The maximum Gasteiger partial charge on any atom is 0.348 e. The molecule has 0 bridgehead atoms. The topological polar surface area (TPSA) is 68.3 Å². The molecule has 0 saturated carbocycles. The van der Waals surface area contributed by atoms with Crippen molar-refractivity contribution in [2.24, 2.45) is 0 Å². The number of esters is 1. The van der Waals surface area contributed by atoms with Crippen LogP contribution in [0.4, 0.5) is 5.69 Å². The molecule has 6 heteroatoms. The number of methoxy groups -OCH3 is 1. The van der Waals surface area contributed by atoms with Gasteiger partial charge in [0.15, 0.2) is 0 Å². The van der Waals surface area contributed by atoms with Crippen LogP contribution in [0.3, 0.4) is 0 Å². The summed E-state index contributed by atoms with van der Waals surface area (Å²) in [6, 6.07) is 16.1. The molecule has 1 amide bonds. The zero-order valence-corrected chi connectivity index (χ0v) is 13.7. The molecule has 0 aliphatic heterocycles. The van der Waals surface area contributed by atoms with Gasteiger partial charge in [-0.3, -0.25) is 9.78 Å². The van der Waals surface area contributed by atoms with Crippen molar-refractivity contribution in [1.82, 2.24) is 4.98 Å². The summed E-state index contributed by atoms with van der Waals surface area (Å²) in [6.07, 6.45) is 1.59. The second-order valence-corrected chi connectivity index (χ2v) is 5.99. The lowest BCUT2D eigenvalue weighted by Crippen LogP contribution is -2.11. The van der Waals surface area contributed by atoms with Gasteiger partial charge in [0.2, 0.25) is 0 Å². The summed E-state index contributed by atoms with van der Waals surface area (Å²) in [5.74, 6) is -0.549. The largest absolute Gasteiger partial charge is 0.465 e. The van der Waals surface area contributed by atoms with Crippen LogP contribution >= 0.6 is 11.3 Å². The van der Waals surface area contributed by atoms with Crippen LogP contribution in [0.15, 0.2) is 60.8 Å². The van der Waals surface area contributed by atoms with Gasteiger partial charge in [-0.2, -0.15) is 0 Å². The minimum atomic E-state index is -0.363. The highest BCUT2D eigenvalue weighted by Crippen LogP contribution is 2.27. The number of carbonyl (C=O) groups excluding carboxylic acids is 2. The van der Waals surface area contributed by atoms with Crippen LogP contribution < -0.4 is 5.32 Å². The third-order valence-corrected chi connectivity index (χ3v) is 4.39. The Labute approximate surface area is 142 Å². The fourth-order valence-corrected chi connectivity index (χ4v) is 2.99. The van der Waals surface area contributed by atoms with Crippen molar-refractivity contribution >= 4 is 28.9 Å². The number of nitrogens with zero attached hydrogens (tertiary/aromatic N) is 1. The number of nitrogens with one attached hydrogen (secondary N) is 1. The summed E-state index contributed by atoms with van der Waals surface area (Å²) in [5, 5.41) is 2.80. The van der Waals surface area contributed by atoms with Gasteiger partial charge < -0.3 is 10.1 Å². The molecular formula is C18H14N2O3S. The monoisotopic (exact) mass is 338 g/mol. The molecular weight excluding hydrogens is 324 g/mol. The maximum absolute atomic E-state index is 12.1. The summed E-state index contributed by atoms with van der Waals surface area (Å²) in [7, 11) is 1.35. The van der Waals surface area contributed by atoms with Crippen LogP contribution in [0.5, 0.6) is 0 Å². The molecule has 120 valence electrons. The van der Waals surface area contributed by atoms with E-state index in [0.717, 1.165) is 10.6 Å². The van der Waals surface area contributed by atoms with Gasteiger partial charge >= 0.3 is 5.97 Å². The van der Waals surface area contributed by atoms with Crippen molar-refractivity contribution in [3.8, 4) is 10.6 Å². The third kappa shape index (κ3) is 3.49. The summed E-state index contributed by atoms with van der Waals surface area (Å²) in [4.78, 5) is 29.3. The molecule has 2 aromatic heterocycles. The Morgan fingerprint density at radius 3 is 2.50 bits per heavy atom. The molecule has 0 fully saturated rings. The lowest BCUT2D eigenvalue weighted by Gasteiger charge is -2.05. The van der Waals surface area contributed by atoms with Gasteiger partial charge in [-0.25, -0.2) is 4.79 Å². The SMILES string of the molecule is COC(=O)c1ccc(-c2ccc(NC(=O)c3ccccc3)cn2)s1. The van der Waals surface area contributed by atoms with E-state index >= 15 is 0 Å². The molecule has 5 nitrogen and oxygen atoms in total. The van der Waals surface area contributed by atoms with Crippen LogP contribution in [0.25, 0.3) is 10.6 Å². The molecule has 0 spiro atoms. The Balaban J connectivity index is 1.73. The second-order valence-electron chi connectivity index (χ2n) is 4.91. The minimum absolute atomic E-state index is 0.186. The van der Waals surface area contributed by atoms with Gasteiger partial charge in [0.05, 0.1) is 29.6 Å². The smallest absolute Gasteiger partial charge is 0.348 e. The first-order chi connectivity index (χ1) is 11.7. The summed E-state index contributed by atoms with van der Waals surface area (Å²) >= 11 is 1.31. The molecule has 1 aromatic carbocycles. The normalized spacial score (nSPS) is 10.2. The lowest BCUT2D eigenvalue weighted by molar-refractivity contribution is 0.0606. The molecule has 0 aliphatic carbocycles. The van der Waals surface area contributed by atoms with Crippen molar-refractivity contribution < 1.29 is 14.3 Å². The van der Waals surface area contributed by atoms with Crippen molar-refractivity contribution in [2.45, 2.75) is 0 Å². The van der Waals surface area contributed by atoms with Gasteiger partial charge in [-0.1, -0.05) is 18.2 Å². The first-order valence-corrected chi connectivity index (χ1v) is 8.00. The highest BCUT2D eigenvalue weighted by atomic mass is 32.1. The summed E-state index contributed by atoms with van der Waals surface area (Å²) < 4.78 is 4.69. The molecule has 0 radical (unpaired) electrons. The molecule has 1 N–H and O–H groups in total. The third-order valence-electron chi connectivity index (χ3n) is 3.30. The molecule has 24 heavy (non-hydrogen) atoms. The predicted molar refractivity (Wildman–Crippen MR) is 93.3 cm³/mol. The van der Waals surface area contributed by atoms with Crippen LogP contribution in [0.2, 0.25) is 0 Å². The van der Waals surface area contributed by atoms with Crippen molar-refractivity contribution in [3.63, 3.8) is 0 Å². The summed E-state index contributed by atoms with van der Waals surface area (Å²) in [6.45, 7) is 0. The Kier molecular flexibility index (Phi) is 4.67. The Morgan fingerprint density at radius 2 is 1.83 bits per heavy atom. The fourth-order valence-electron chi connectivity index (χ4n) is 2.09. The molecule has 0 atom stereocenters. The van der Waals surface area contributed by atoms with Crippen LogP contribution in [-0.4, -0.2) is 24.0 Å². The van der Waals surface area contributed by atoms with E-state index in [0.29, 0.717) is 16.1 Å². The number of anilines is 1. The predicted octanol–water partition coefficient (Wildman–Crippen LogP) is 3.85. The minimum Gasteiger partial charge on any atom is -0.465 e. The molecule has 3 aromatic rings. The summed E-state index contributed by atoms with van der Waals surface area (Å²) in [5.41, 5.74) is 1.92. The van der Waals surface area contributed by atoms with E-state index in [-0.39, 0.29) is 11.9 Å². The first-order valence-electron chi connectivity index (χ1n) is 7.18. The number of rotatable bonds is 4. The van der Waals surface area contributed by atoms with E-state index in [1.54, 1.807) is 36.5 Å². The van der Waals surface area contributed by atoms with Gasteiger partial charge in [0.25, 0.3) is 5.91 Å². The first kappa shape index (κ1) is 15.9. The standard InChI is InChI=1S/C18H14N2O3S/c1-23-18(22)16-10-9-15(24-16)14-8-7-13(11-19-14)20-17(21)12-5-3-2-4-6-12/h2-11H,1H3,(H,20,21). The zero-order valence-electron chi connectivity index (χ0n) is 12.9. The highest BCUT2D eigenvalue weighted by Gasteiger charge is 2.11. The molecule has 2 heterocycles. The fraction of sp³-hybridized carbons (Fsp3) is 0.0556. The van der Waals surface area contributed by atoms with Gasteiger partial charge in [-0.15, -0.1) is 11.3 Å². The van der Waals surface area contributed by atoms with Gasteiger partial charge in [-0.05, 0) is 36.4 Å². The van der Waals surface area contributed by atoms with Crippen LogP contribution in [0, 0.1) is 0 Å². The average Bonchev–Trinajstić information content (AvgIpc) is 3.12. The van der Waals surface area contributed by atoms with E-state index in [2.05, 4.69) is 10.3 Å². The number of thiophene rings is 1. The number of hydrogen-bond acceptors (Lipinski definition) is 5. The molecule has 0 unspecified atom stereocenters. The number of carbonyl (C=O) groups is 2. The van der Waals surface area contributed by atoms with Crippen LogP contribution in [-0.2, 0) is 4.74 Å². The molecule has 0 aliphatic rings. The van der Waals surface area contributed by atoms with E-state index < -0.39 is 0 Å². The molecule has 3 rings (SSSR count). The number of hydrogen-bond donors (Lipinski definition) is 1. The van der Waals surface area contributed by atoms with Crippen molar-refractivity contribution in [3.05, 3.63) is 71.2 Å². The van der Waals surface area contributed by atoms with Crippen LogP contribution in [0.1, 0.15) is 20.0 Å². The van der Waals surface area contributed by atoms with E-state index in [1.165, 1.54) is 18.4 Å². The van der Waals surface area contributed by atoms with E-state index in [4.69, 9.17) is 4.74 Å².